The average Bonchev–Trinajstić information content (AvgIpc) is 2.81. The second kappa shape index (κ2) is 18.8. The number of hydrogen-bond acceptors (Lipinski definition) is 7. The van der Waals surface area contributed by atoms with E-state index in [0.29, 0.717) is 51.6 Å². The molecule has 0 radical (unpaired) electrons. The Labute approximate surface area is 231 Å². The molecular weight excluding hydrogens is 508 g/mol. The summed E-state index contributed by atoms with van der Waals surface area (Å²) < 4.78 is 5.14. The molecule has 0 saturated heterocycles. The third-order valence-electron chi connectivity index (χ3n) is 5.77. The summed E-state index contributed by atoms with van der Waals surface area (Å²) in [7, 11) is 0. The van der Waals surface area contributed by atoms with Crippen molar-refractivity contribution in [3.63, 3.8) is 0 Å². The van der Waals surface area contributed by atoms with E-state index in [0.717, 1.165) is 4.90 Å². The molecule has 6 amide bonds. The van der Waals surface area contributed by atoms with Crippen molar-refractivity contribution in [3.05, 3.63) is 0 Å². The Balaban J connectivity index is 4.78. The zero-order valence-electron chi connectivity index (χ0n) is 24.1. The van der Waals surface area contributed by atoms with Crippen molar-refractivity contribution < 1.29 is 33.5 Å². The first-order valence-corrected chi connectivity index (χ1v) is 13.5. The Morgan fingerprint density at radius 2 is 1.15 bits per heavy atom. The predicted molar refractivity (Wildman–Crippen MR) is 146 cm³/mol. The van der Waals surface area contributed by atoms with E-state index in [9.17, 15) is 28.8 Å². The molecule has 0 saturated carbocycles. The molecule has 0 heterocycles. The quantitative estimate of drug-likeness (QED) is 0.143. The van der Waals surface area contributed by atoms with E-state index in [4.69, 9.17) is 16.2 Å². The van der Waals surface area contributed by atoms with Crippen LogP contribution in [0.3, 0.4) is 0 Å². The molecule has 0 bridgehead atoms. The highest BCUT2D eigenvalue weighted by Gasteiger charge is 2.21. The number of rotatable bonds is 19. The number of amides is 6. The van der Waals surface area contributed by atoms with Gasteiger partial charge in [-0.05, 0) is 46.5 Å². The molecule has 0 aromatic carbocycles. The number of alkyl carbamates (subject to hydrolysis) is 1. The van der Waals surface area contributed by atoms with Gasteiger partial charge >= 0.3 is 6.09 Å². The second-order valence-corrected chi connectivity index (χ2v) is 10.7. The molecule has 0 fully saturated rings. The average molecular weight is 557 g/mol. The summed E-state index contributed by atoms with van der Waals surface area (Å²) >= 11 is 0. The molecule has 39 heavy (non-hydrogen) atoms. The van der Waals surface area contributed by atoms with Gasteiger partial charge in [-0.3, -0.25) is 24.0 Å². The van der Waals surface area contributed by atoms with Gasteiger partial charge in [0.2, 0.25) is 29.5 Å². The highest BCUT2D eigenvalue weighted by Crippen LogP contribution is 2.08. The zero-order valence-corrected chi connectivity index (χ0v) is 24.1. The number of carbonyl (C=O) groups excluding carboxylic acids is 6. The van der Waals surface area contributed by atoms with Gasteiger partial charge in [0.15, 0.2) is 0 Å². The maximum Gasteiger partial charge on any atom is 0.407 e. The van der Waals surface area contributed by atoms with E-state index >= 15 is 0 Å². The summed E-state index contributed by atoms with van der Waals surface area (Å²) in [5.41, 5.74) is 9.80. The number of primary amides is 2. The number of nitrogens with zero attached hydrogens (tertiary/aromatic N) is 1. The lowest BCUT2D eigenvalue weighted by atomic mass is 10.0. The highest BCUT2D eigenvalue weighted by atomic mass is 16.6. The van der Waals surface area contributed by atoms with Crippen molar-refractivity contribution in [1.82, 2.24) is 20.9 Å². The van der Waals surface area contributed by atoms with E-state index < -0.39 is 29.4 Å². The summed E-state index contributed by atoms with van der Waals surface area (Å²) in [6.45, 7) is 8.66. The summed E-state index contributed by atoms with van der Waals surface area (Å²) in [4.78, 5) is 72.9. The van der Waals surface area contributed by atoms with Crippen LogP contribution in [0, 0.1) is 11.8 Å². The summed E-state index contributed by atoms with van der Waals surface area (Å²) in [6, 6.07) is 0. The van der Waals surface area contributed by atoms with Crippen LogP contribution in [0.25, 0.3) is 0 Å². The molecule has 0 aliphatic carbocycles. The topological polar surface area (TPSA) is 203 Å². The first kappa shape index (κ1) is 35.6. The van der Waals surface area contributed by atoms with E-state index in [1.807, 2.05) is 0 Å². The SMILES string of the molecule is CC(CCCCNC(=O)CN(CC(=O)NCCCCC(C)C(N)=O)C(=O)CCNC(=O)OC(C)(C)C)C(N)=O. The molecule has 7 N–H and O–H groups in total. The Morgan fingerprint density at radius 3 is 1.54 bits per heavy atom. The molecule has 224 valence electrons. The number of unbranched alkanes of at least 4 members (excludes halogenated alkanes) is 2. The maximum absolute atomic E-state index is 12.8. The van der Waals surface area contributed by atoms with Crippen LogP contribution in [0.1, 0.15) is 79.6 Å². The Morgan fingerprint density at radius 1 is 0.718 bits per heavy atom. The molecule has 13 nitrogen and oxygen atoms in total. The van der Waals surface area contributed by atoms with Crippen LogP contribution in [0.2, 0.25) is 0 Å². The molecule has 0 aromatic rings. The lowest BCUT2D eigenvalue weighted by Gasteiger charge is -2.23. The summed E-state index contributed by atoms with van der Waals surface area (Å²) in [5.74, 6) is -2.57. The molecule has 2 unspecified atom stereocenters. The van der Waals surface area contributed by atoms with Crippen molar-refractivity contribution in [3.8, 4) is 0 Å². The van der Waals surface area contributed by atoms with Gasteiger partial charge in [-0.15, -0.1) is 0 Å². The van der Waals surface area contributed by atoms with Crippen LogP contribution in [-0.2, 0) is 28.7 Å². The van der Waals surface area contributed by atoms with Crippen LogP contribution < -0.4 is 27.4 Å². The van der Waals surface area contributed by atoms with Gasteiger partial charge < -0.3 is 37.1 Å². The Bertz CT molecular complexity index is 784. The highest BCUT2D eigenvalue weighted by molar-refractivity contribution is 5.89. The lowest BCUT2D eigenvalue weighted by Crippen LogP contribution is -2.46. The van der Waals surface area contributed by atoms with Gasteiger partial charge in [0.1, 0.15) is 18.7 Å². The lowest BCUT2D eigenvalue weighted by molar-refractivity contribution is -0.139. The fraction of sp³-hybridized carbons (Fsp3) is 0.769. The minimum atomic E-state index is -0.688. The van der Waals surface area contributed by atoms with Crippen LogP contribution in [0.4, 0.5) is 4.79 Å². The van der Waals surface area contributed by atoms with Crippen molar-refractivity contribution in [2.45, 2.75) is 85.2 Å². The number of hydrogen-bond donors (Lipinski definition) is 5. The third-order valence-corrected chi connectivity index (χ3v) is 5.77. The first-order chi connectivity index (χ1) is 18.1. The van der Waals surface area contributed by atoms with Gasteiger partial charge in [-0.25, -0.2) is 4.79 Å². The van der Waals surface area contributed by atoms with E-state index in [-0.39, 0.29) is 49.7 Å². The number of carbonyl (C=O) groups is 6. The molecule has 0 spiro atoms. The largest absolute Gasteiger partial charge is 0.444 e. The van der Waals surface area contributed by atoms with Gasteiger partial charge in [0, 0.05) is 37.9 Å². The zero-order chi connectivity index (χ0) is 30.0. The fourth-order valence-corrected chi connectivity index (χ4v) is 3.33. The minimum Gasteiger partial charge on any atom is -0.444 e. The molecule has 0 rings (SSSR count). The van der Waals surface area contributed by atoms with Gasteiger partial charge in [0.05, 0.1) is 0 Å². The third kappa shape index (κ3) is 19.4. The van der Waals surface area contributed by atoms with Crippen molar-refractivity contribution in [2.24, 2.45) is 23.3 Å². The smallest absolute Gasteiger partial charge is 0.407 e. The predicted octanol–water partition coefficient (Wildman–Crippen LogP) is 0.546. The first-order valence-electron chi connectivity index (χ1n) is 13.5. The van der Waals surface area contributed by atoms with Crippen LogP contribution in [-0.4, -0.2) is 78.9 Å². The van der Waals surface area contributed by atoms with Gasteiger partial charge in [-0.2, -0.15) is 0 Å². The number of nitrogens with one attached hydrogen (secondary N) is 3. The van der Waals surface area contributed by atoms with Crippen LogP contribution in [0.15, 0.2) is 0 Å². The molecular formula is C26H48N6O7. The van der Waals surface area contributed by atoms with Gasteiger partial charge in [0.25, 0.3) is 0 Å². The normalized spacial score (nSPS) is 12.5. The molecule has 13 heteroatoms. The Kier molecular flexibility index (Phi) is 17.2. The van der Waals surface area contributed by atoms with Gasteiger partial charge in [-0.1, -0.05) is 26.7 Å². The molecule has 0 aliphatic rings. The van der Waals surface area contributed by atoms with Crippen LogP contribution in [0.5, 0.6) is 0 Å². The monoisotopic (exact) mass is 556 g/mol. The van der Waals surface area contributed by atoms with E-state index in [1.165, 1.54) is 0 Å². The van der Waals surface area contributed by atoms with Crippen molar-refractivity contribution in [1.29, 1.82) is 0 Å². The molecule has 2 atom stereocenters. The van der Waals surface area contributed by atoms with Crippen molar-refractivity contribution >= 4 is 35.6 Å². The summed E-state index contributed by atoms with van der Waals surface area (Å²) in [5, 5.41) is 7.92. The number of nitrogens with two attached hydrogens (primary N) is 2. The molecule has 0 aliphatic heterocycles. The van der Waals surface area contributed by atoms with Crippen LogP contribution >= 0.6 is 0 Å². The maximum atomic E-state index is 12.8. The van der Waals surface area contributed by atoms with Crippen molar-refractivity contribution in [2.75, 3.05) is 32.7 Å². The molecule has 0 aromatic heterocycles. The van der Waals surface area contributed by atoms with E-state index in [2.05, 4.69) is 16.0 Å². The Hall–Kier alpha value is -3.38. The minimum absolute atomic E-state index is 0.0242. The number of ether oxygens (including phenoxy) is 1. The summed E-state index contributed by atoms with van der Waals surface area (Å²) in [6.07, 6.45) is 3.08. The second-order valence-electron chi connectivity index (χ2n) is 10.7. The standard InChI is InChI=1S/C26H48N6O7/c1-18(23(27)36)10-6-8-13-29-20(33)16-32(22(35)12-15-31-25(38)39-26(3,4)5)17-21(34)30-14-9-7-11-19(2)24(28)37/h18-19H,6-17H2,1-5H3,(H2,27,36)(H2,28,37)(H,29,33)(H,30,34)(H,31,38). The van der Waals surface area contributed by atoms with E-state index in [1.54, 1.807) is 34.6 Å². The fourth-order valence-electron chi connectivity index (χ4n) is 3.33.